The molecule has 0 bridgehead atoms. The summed E-state index contributed by atoms with van der Waals surface area (Å²) in [7, 11) is 0. The number of carbonyl (C=O) groups is 2. The fourth-order valence-corrected chi connectivity index (χ4v) is 2.65. The summed E-state index contributed by atoms with van der Waals surface area (Å²) in [4.78, 5) is 27.0. The lowest BCUT2D eigenvalue weighted by molar-refractivity contribution is -0.140. The summed E-state index contributed by atoms with van der Waals surface area (Å²) < 4.78 is 0. The molecule has 0 aromatic carbocycles. The number of hydrogen-bond acceptors (Lipinski definition) is 3. The lowest BCUT2D eigenvalue weighted by Crippen LogP contribution is -2.58. The van der Waals surface area contributed by atoms with Gasteiger partial charge in [-0.15, -0.1) is 0 Å². The van der Waals surface area contributed by atoms with Crippen molar-refractivity contribution in [2.45, 2.75) is 64.6 Å². The molecule has 1 atom stereocenters. The van der Waals surface area contributed by atoms with E-state index in [4.69, 9.17) is 0 Å². The molecule has 0 aliphatic carbocycles. The Morgan fingerprint density at radius 3 is 2.15 bits per heavy atom. The van der Waals surface area contributed by atoms with E-state index in [-0.39, 0.29) is 12.0 Å². The predicted octanol–water partition coefficient (Wildman–Crippen LogP) is 1.53. The number of aliphatic hydroxyl groups excluding tert-OH is 1. The van der Waals surface area contributed by atoms with Crippen molar-refractivity contribution in [3.8, 4) is 0 Å². The highest BCUT2D eigenvalue weighted by atomic mass is 16.4. The molecule has 1 aliphatic rings. The Labute approximate surface area is 120 Å². The van der Waals surface area contributed by atoms with Crippen LogP contribution in [0.1, 0.15) is 47.0 Å². The van der Waals surface area contributed by atoms with Gasteiger partial charge in [-0.25, -0.2) is 4.79 Å². The minimum absolute atomic E-state index is 0.156. The van der Waals surface area contributed by atoms with Crippen LogP contribution in [0, 0.1) is 0 Å². The van der Waals surface area contributed by atoms with Gasteiger partial charge in [-0.2, -0.15) is 0 Å². The quantitative estimate of drug-likeness (QED) is 0.824. The van der Waals surface area contributed by atoms with E-state index < -0.39 is 17.7 Å². The summed E-state index contributed by atoms with van der Waals surface area (Å²) in [5.74, 6) is -0.156. The molecule has 0 aromatic heterocycles. The summed E-state index contributed by atoms with van der Waals surface area (Å²) >= 11 is 0. The Balaban J connectivity index is 2.88. The van der Waals surface area contributed by atoms with Gasteiger partial charge in [0, 0.05) is 18.6 Å². The highest BCUT2D eigenvalue weighted by Gasteiger charge is 2.38. The average Bonchev–Trinajstić information content (AvgIpc) is 2.33. The third-order valence-corrected chi connectivity index (χ3v) is 3.69. The number of carbonyl (C=O) groups excluding carboxylic acids is 1. The maximum atomic E-state index is 12.6. The number of hydrogen-bond donors (Lipinski definition) is 2. The highest BCUT2D eigenvalue weighted by molar-refractivity contribution is 5.85. The van der Waals surface area contributed by atoms with Crippen LogP contribution in [0.5, 0.6) is 0 Å². The molecule has 0 radical (unpaired) electrons. The largest absolute Gasteiger partial charge is 0.465 e. The van der Waals surface area contributed by atoms with Gasteiger partial charge in [0.05, 0.1) is 6.10 Å². The van der Waals surface area contributed by atoms with Crippen molar-refractivity contribution in [3.05, 3.63) is 0 Å². The van der Waals surface area contributed by atoms with Crippen LogP contribution in [-0.4, -0.2) is 62.8 Å². The maximum Gasteiger partial charge on any atom is 0.408 e. The fraction of sp³-hybridized carbons (Fsp3) is 0.857. The molecule has 6 heteroatoms. The Hall–Kier alpha value is -1.30. The maximum absolute atomic E-state index is 12.6. The summed E-state index contributed by atoms with van der Waals surface area (Å²) in [5.41, 5.74) is -0.628. The number of rotatable bonds is 3. The molecule has 1 fully saturated rings. The number of likely N-dealkylation sites (tertiary alicyclic amines) is 1. The van der Waals surface area contributed by atoms with E-state index >= 15 is 0 Å². The van der Waals surface area contributed by atoms with Crippen LogP contribution in [0.3, 0.4) is 0 Å². The number of aliphatic hydroxyl groups is 1. The molecule has 1 saturated heterocycles. The smallest absolute Gasteiger partial charge is 0.408 e. The zero-order chi connectivity index (χ0) is 15.5. The minimum atomic E-state index is -1.07. The van der Waals surface area contributed by atoms with Crippen LogP contribution in [0.25, 0.3) is 0 Å². The first-order valence-electron chi connectivity index (χ1n) is 7.17. The van der Waals surface area contributed by atoms with E-state index in [9.17, 15) is 19.8 Å². The predicted molar refractivity (Wildman–Crippen MR) is 75.5 cm³/mol. The van der Waals surface area contributed by atoms with Gasteiger partial charge < -0.3 is 15.1 Å². The molecule has 2 N–H and O–H groups in total. The van der Waals surface area contributed by atoms with Crippen molar-refractivity contribution >= 4 is 12.0 Å². The first-order valence-corrected chi connectivity index (χ1v) is 7.17. The van der Waals surface area contributed by atoms with Crippen LogP contribution in [0.4, 0.5) is 4.79 Å². The molecule has 0 aromatic rings. The van der Waals surface area contributed by atoms with Crippen molar-refractivity contribution in [3.63, 3.8) is 0 Å². The lowest BCUT2D eigenvalue weighted by Gasteiger charge is -2.41. The fourth-order valence-electron chi connectivity index (χ4n) is 2.65. The zero-order valence-corrected chi connectivity index (χ0v) is 12.8. The molecular weight excluding hydrogens is 260 g/mol. The van der Waals surface area contributed by atoms with E-state index in [1.807, 2.05) is 6.92 Å². The molecule has 116 valence electrons. The molecular formula is C14H26N2O4. The first kappa shape index (κ1) is 16.8. The van der Waals surface area contributed by atoms with Crippen LogP contribution in [0.15, 0.2) is 0 Å². The third kappa shape index (κ3) is 3.85. The van der Waals surface area contributed by atoms with Gasteiger partial charge in [-0.1, -0.05) is 6.92 Å². The van der Waals surface area contributed by atoms with Crippen molar-refractivity contribution in [2.24, 2.45) is 0 Å². The Morgan fingerprint density at radius 2 is 1.80 bits per heavy atom. The van der Waals surface area contributed by atoms with Gasteiger partial charge in [0.25, 0.3) is 0 Å². The summed E-state index contributed by atoms with van der Waals surface area (Å²) in [6, 6.07) is -0.664. The van der Waals surface area contributed by atoms with Crippen LogP contribution >= 0.6 is 0 Å². The molecule has 1 heterocycles. The van der Waals surface area contributed by atoms with E-state index in [0.717, 1.165) is 0 Å². The second kappa shape index (κ2) is 6.43. The number of amides is 2. The first-order chi connectivity index (χ1) is 9.18. The Kier molecular flexibility index (Phi) is 5.39. The summed E-state index contributed by atoms with van der Waals surface area (Å²) in [6.07, 6.45) is 0.142. The average molecular weight is 286 g/mol. The van der Waals surface area contributed by atoms with Crippen molar-refractivity contribution in [1.29, 1.82) is 0 Å². The monoisotopic (exact) mass is 286 g/mol. The highest BCUT2D eigenvalue weighted by Crippen LogP contribution is 2.22. The normalized spacial score (nSPS) is 18.8. The molecule has 0 spiro atoms. The number of piperidine rings is 1. The van der Waals surface area contributed by atoms with Crippen LogP contribution < -0.4 is 0 Å². The van der Waals surface area contributed by atoms with Gasteiger partial charge in [-0.3, -0.25) is 9.69 Å². The van der Waals surface area contributed by atoms with Crippen molar-refractivity contribution in [2.75, 3.05) is 13.1 Å². The number of nitrogens with zero attached hydrogens (tertiary/aromatic N) is 2. The second-order valence-corrected chi connectivity index (χ2v) is 6.30. The third-order valence-electron chi connectivity index (χ3n) is 3.69. The Bertz CT molecular complexity index is 357. The molecule has 20 heavy (non-hydrogen) atoms. The second-order valence-electron chi connectivity index (χ2n) is 6.30. The van der Waals surface area contributed by atoms with Crippen molar-refractivity contribution in [1.82, 2.24) is 9.80 Å². The Morgan fingerprint density at radius 1 is 1.30 bits per heavy atom. The molecule has 2 amide bonds. The van der Waals surface area contributed by atoms with Gasteiger partial charge in [0.15, 0.2) is 0 Å². The minimum Gasteiger partial charge on any atom is -0.465 e. The van der Waals surface area contributed by atoms with Gasteiger partial charge in [0.1, 0.15) is 6.04 Å². The molecule has 1 aliphatic heterocycles. The topological polar surface area (TPSA) is 81.1 Å². The zero-order valence-electron chi connectivity index (χ0n) is 12.8. The number of carboxylic acid groups (broad SMARTS) is 1. The molecule has 1 rings (SSSR count). The summed E-state index contributed by atoms with van der Waals surface area (Å²) in [5, 5.41) is 18.9. The van der Waals surface area contributed by atoms with Crippen LogP contribution in [0.2, 0.25) is 0 Å². The van der Waals surface area contributed by atoms with E-state index in [1.165, 1.54) is 4.90 Å². The molecule has 0 saturated carbocycles. The molecule has 6 nitrogen and oxygen atoms in total. The van der Waals surface area contributed by atoms with Gasteiger partial charge >= 0.3 is 6.09 Å². The standard InChI is InChI=1S/C14H26N2O4/c1-5-11(16(13(19)20)14(2,3)4)12(18)15-8-6-10(17)7-9-15/h10-11,17H,5-9H2,1-4H3,(H,19,20)/t11-/m0/s1. The van der Waals surface area contributed by atoms with Crippen molar-refractivity contribution < 1.29 is 19.8 Å². The van der Waals surface area contributed by atoms with Gasteiger partial charge in [0.2, 0.25) is 5.91 Å². The SMILES string of the molecule is CC[C@@H](C(=O)N1CCC(O)CC1)N(C(=O)O)C(C)(C)C. The van der Waals surface area contributed by atoms with Gasteiger partial charge in [-0.05, 0) is 40.0 Å². The lowest BCUT2D eigenvalue weighted by atomic mass is 10.00. The van der Waals surface area contributed by atoms with E-state index in [0.29, 0.717) is 32.4 Å². The van der Waals surface area contributed by atoms with E-state index in [1.54, 1.807) is 25.7 Å². The van der Waals surface area contributed by atoms with E-state index in [2.05, 4.69) is 0 Å². The summed E-state index contributed by atoms with van der Waals surface area (Å²) in [6.45, 7) is 8.18. The molecule has 0 unspecified atom stereocenters. The van der Waals surface area contributed by atoms with Crippen LogP contribution in [-0.2, 0) is 4.79 Å².